The number of methoxy groups -OCH3 is 1. The summed E-state index contributed by atoms with van der Waals surface area (Å²) in [5, 5.41) is 3.41. The van der Waals surface area contributed by atoms with Crippen LogP contribution in [0.25, 0.3) is 0 Å². The van der Waals surface area contributed by atoms with Gasteiger partial charge in [0.2, 0.25) is 0 Å². The van der Waals surface area contributed by atoms with Crippen molar-refractivity contribution in [3.63, 3.8) is 0 Å². The number of fused-ring (bicyclic) bond motifs is 1. The van der Waals surface area contributed by atoms with Crippen molar-refractivity contribution in [1.29, 1.82) is 0 Å². The molecule has 0 bridgehead atoms. The van der Waals surface area contributed by atoms with E-state index in [9.17, 15) is 0 Å². The van der Waals surface area contributed by atoms with Crippen LogP contribution >= 0.6 is 0 Å². The third-order valence-electron chi connectivity index (χ3n) is 3.72. The van der Waals surface area contributed by atoms with Gasteiger partial charge >= 0.3 is 0 Å². The highest BCUT2D eigenvalue weighted by atomic mass is 16.5. The van der Waals surface area contributed by atoms with Gasteiger partial charge in [-0.05, 0) is 36.7 Å². The first-order valence-corrected chi connectivity index (χ1v) is 6.15. The molecule has 2 atom stereocenters. The SMILES string of the molecule is CNC1c2cc(OC)ccc2CC1n1ccnc1. The highest BCUT2D eigenvalue weighted by Gasteiger charge is 2.32. The van der Waals surface area contributed by atoms with E-state index in [-0.39, 0.29) is 0 Å². The first-order valence-electron chi connectivity index (χ1n) is 6.15. The van der Waals surface area contributed by atoms with Crippen LogP contribution in [0.1, 0.15) is 23.2 Å². The molecule has 0 radical (unpaired) electrons. The number of nitrogens with zero attached hydrogens (tertiary/aromatic N) is 2. The maximum absolute atomic E-state index is 5.31. The molecule has 1 aliphatic carbocycles. The Balaban J connectivity index is 2.00. The topological polar surface area (TPSA) is 39.1 Å². The number of nitrogens with one attached hydrogen (secondary N) is 1. The van der Waals surface area contributed by atoms with Crippen LogP contribution in [0.15, 0.2) is 36.9 Å². The van der Waals surface area contributed by atoms with Gasteiger partial charge < -0.3 is 14.6 Å². The lowest BCUT2D eigenvalue weighted by molar-refractivity contribution is 0.397. The number of hydrogen-bond acceptors (Lipinski definition) is 3. The average Bonchev–Trinajstić information content (AvgIpc) is 3.04. The Labute approximate surface area is 107 Å². The van der Waals surface area contributed by atoms with Crippen molar-refractivity contribution in [2.75, 3.05) is 14.2 Å². The molecule has 2 aromatic rings. The van der Waals surface area contributed by atoms with E-state index in [0.29, 0.717) is 12.1 Å². The molecule has 94 valence electrons. The number of hydrogen-bond donors (Lipinski definition) is 1. The van der Waals surface area contributed by atoms with E-state index in [2.05, 4.69) is 27.0 Å². The van der Waals surface area contributed by atoms with Crippen LogP contribution in [0, 0.1) is 0 Å². The standard InChI is InChI=1S/C14H17N3O/c1-15-14-12-8-11(18-2)4-3-10(12)7-13(14)17-6-5-16-9-17/h3-6,8-9,13-15H,7H2,1-2H3. The molecule has 18 heavy (non-hydrogen) atoms. The van der Waals surface area contributed by atoms with Crippen molar-refractivity contribution < 1.29 is 4.74 Å². The Morgan fingerprint density at radius 2 is 2.33 bits per heavy atom. The molecule has 0 saturated carbocycles. The predicted molar refractivity (Wildman–Crippen MR) is 69.8 cm³/mol. The summed E-state index contributed by atoms with van der Waals surface area (Å²) in [6, 6.07) is 7.02. The summed E-state index contributed by atoms with van der Waals surface area (Å²) in [7, 11) is 3.71. The monoisotopic (exact) mass is 243 g/mol. The minimum Gasteiger partial charge on any atom is -0.497 e. The number of ether oxygens (including phenoxy) is 1. The highest BCUT2D eigenvalue weighted by molar-refractivity contribution is 5.42. The first kappa shape index (κ1) is 11.3. The van der Waals surface area contributed by atoms with E-state index in [0.717, 1.165) is 12.2 Å². The van der Waals surface area contributed by atoms with E-state index in [1.807, 2.05) is 31.8 Å². The normalized spacial score (nSPS) is 21.9. The minimum atomic E-state index is 0.310. The zero-order valence-electron chi connectivity index (χ0n) is 10.6. The fourth-order valence-corrected chi connectivity index (χ4v) is 2.82. The Kier molecular flexibility index (Phi) is 2.80. The molecule has 4 nitrogen and oxygen atoms in total. The molecular weight excluding hydrogens is 226 g/mol. The summed E-state index contributed by atoms with van der Waals surface area (Å²) in [4.78, 5) is 4.14. The summed E-state index contributed by atoms with van der Waals surface area (Å²) in [6.45, 7) is 0. The minimum absolute atomic E-state index is 0.310. The van der Waals surface area contributed by atoms with Crippen LogP contribution in [-0.4, -0.2) is 23.7 Å². The molecule has 3 rings (SSSR count). The summed E-state index contributed by atoms with van der Waals surface area (Å²) in [5.41, 5.74) is 2.71. The van der Waals surface area contributed by atoms with Crippen molar-refractivity contribution in [2.45, 2.75) is 18.5 Å². The largest absolute Gasteiger partial charge is 0.497 e. The predicted octanol–water partition coefficient (Wildman–Crippen LogP) is 1.95. The molecular formula is C14H17N3O. The molecule has 1 N–H and O–H groups in total. The number of benzene rings is 1. The lowest BCUT2D eigenvalue weighted by Crippen LogP contribution is -2.23. The van der Waals surface area contributed by atoms with E-state index >= 15 is 0 Å². The molecule has 2 unspecified atom stereocenters. The number of rotatable bonds is 3. The van der Waals surface area contributed by atoms with Gasteiger partial charge in [-0.2, -0.15) is 0 Å². The van der Waals surface area contributed by atoms with Crippen LogP contribution in [0.3, 0.4) is 0 Å². The number of likely N-dealkylation sites (N-methyl/N-ethyl adjacent to an activating group) is 1. The number of imidazole rings is 1. The van der Waals surface area contributed by atoms with Gasteiger partial charge in [0.25, 0.3) is 0 Å². The molecule has 4 heteroatoms. The van der Waals surface area contributed by atoms with E-state index in [1.165, 1.54) is 11.1 Å². The molecule has 1 aromatic carbocycles. The van der Waals surface area contributed by atoms with Crippen LogP contribution in [0.2, 0.25) is 0 Å². The third kappa shape index (κ3) is 1.69. The molecule has 0 spiro atoms. The smallest absolute Gasteiger partial charge is 0.119 e. The zero-order chi connectivity index (χ0) is 12.5. The fourth-order valence-electron chi connectivity index (χ4n) is 2.82. The molecule has 1 aliphatic rings. The molecule has 0 aliphatic heterocycles. The Morgan fingerprint density at radius 1 is 1.44 bits per heavy atom. The Hall–Kier alpha value is -1.81. The zero-order valence-corrected chi connectivity index (χ0v) is 10.6. The Morgan fingerprint density at radius 3 is 3.00 bits per heavy atom. The van der Waals surface area contributed by atoms with Gasteiger partial charge in [0, 0.05) is 12.4 Å². The summed E-state index contributed by atoms with van der Waals surface area (Å²) < 4.78 is 7.49. The van der Waals surface area contributed by atoms with Crippen LogP contribution in [0.4, 0.5) is 0 Å². The van der Waals surface area contributed by atoms with E-state index in [1.54, 1.807) is 7.11 Å². The van der Waals surface area contributed by atoms with Crippen molar-refractivity contribution in [2.24, 2.45) is 0 Å². The van der Waals surface area contributed by atoms with Gasteiger partial charge in [-0.25, -0.2) is 4.98 Å². The van der Waals surface area contributed by atoms with Gasteiger partial charge in [0.1, 0.15) is 5.75 Å². The van der Waals surface area contributed by atoms with Crippen LogP contribution < -0.4 is 10.1 Å². The van der Waals surface area contributed by atoms with Gasteiger partial charge in [0.05, 0.1) is 25.5 Å². The number of aromatic nitrogens is 2. The maximum atomic E-state index is 5.31. The van der Waals surface area contributed by atoms with Crippen molar-refractivity contribution in [1.82, 2.24) is 14.9 Å². The van der Waals surface area contributed by atoms with Crippen molar-refractivity contribution in [3.05, 3.63) is 48.0 Å². The lowest BCUT2D eigenvalue weighted by atomic mass is 10.1. The second kappa shape index (κ2) is 4.46. The average molecular weight is 243 g/mol. The summed E-state index contributed by atoms with van der Waals surface area (Å²) in [6.07, 6.45) is 6.77. The Bertz CT molecular complexity index is 536. The third-order valence-corrected chi connectivity index (χ3v) is 3.72. The quantitative estimate of drug-likeness (QED) is 0.895. The van der Waals surface area contributed by atoms with Crippen LogP contribution in [-0.2, 0) is 6.42 Å². The highest BCUT2D eigenvalue weighted by Crippen LogP contribution is 2.40. The second-order valence-electron chi connectivity index (χ2n) is 4.61. The molecule has 0 fully saturated rings. The summed E-state index contributed by atoms with van der Waals surface area (Å²) in [5.74, 6) is 0.917. The van der Waals surface area contributed by atoms with E-state index in [4.69, 9.17) is 4.74 Å². The van der Waals surface area contributed by atoms with Gasteiger partial charge in [-0.3, -0.25) is 0 Å². The van der Waals surface area contributed by atoms with Crippen LogP contribution in [0.5, 0.6) is 5.75 Å². The molecule has 1 heterocycles. The molecule has 0 saturated heterocycles. The molecule has 1 aromatic heterocycles. The van der Waals surface area contributed by atoms with Gasteiger partial charge in [-0.15, -0.1) is 0 Å². The van der Waals surface area contributed by atoms with Crippen molar-refractivity contribution >= 4 is 0 Å². The van der Waals surface area contributed by atoms with Gasteiger partial charge in [-0.1, -0.05) is 6.07 Å². The van der Waals surface area contributed by atoms with E-state index < -0.39 is 0 Å². The maximum Gasteiger partial charge on any atom is 0.119 e. The van der Waals surface area contributed by atoms with Crippen molar-refractivity contribution in [3.8, 4) is 5.75 Å². The second-order valence-corrected chi connectivity index (χ2v) is 4.61. The molecule has 0 amide bonds. The fraction of sp³-hybridized carbons (Fsp3) is 0.357. The summed E-state index contributed by atoms with van der Waals surface area (Å²) >= 11 is 0. The van der Waals surface area contributed by atoms with Gasteiger partial charge in [0.15, 0.2) is 0 Å². The lowest BCUT2D eigenvalue weighted by Gasteiger charge is -2.21. The first-order chi connectivity index (χ1) is 8.83.